The Kier molecular flexibility index (Phi) is 3.84. The Balaban J connectivity index is 2.31. The van der Waals surface area contributed by atoms with Crippen molar-refractivity contribution in [1.82, 2.24) is 9.88 Å². The van der Waals surface area contributed by atoms with Crippen LogP contribution in [-0.4, -0.2) is 29.4 Å². The second-order valence-electron chi connectivity index (χ2n) is 4.81. The maximum absolute atomic E-state index is 11.7. The van der Waals surface area contributed by atoms with Crippen LogP contribution in [0.5, 0.6) is 5.88 Å². The first kappa shape index (κ1) is 12.9. The molecule has 0 unspecified atom stereocenters. The zero-order valence-corrected chi connectivity index (χ0v) is 11.3. The first-order valence-electron chi connectivity index (χ1n) is 6.41. The van der Waals surface area contributed by atoms with Crippen molar-refractivity contribution in [2.24, 2.45) is 0 Å². The van der Waals surface area contributed by atoms with Gasteiger partial charge in [0.2, 0.25) is 11.8 Å². The third-order valence-corrected chi connectivity index (χ3v) is 3.60. The summed E-state index contributed by atoms with van der Waals surface area (Å²) in [6.07, 6.45) is 5.13. The van der Waals surface area contributed by atoms with Crippen LogP contribution >= 0.6 is 0 Å². The summed E-state index contributed by atoms with van der Waals surface area (Å²) in [5.41, 5.74) is 2.28. The number of amides is 1. The van der Waals surface area contributed by atoms with Crippen LogP contribution in [0.2, 0.25) is 0 Å². The zero-order chi connectivity index (χ0) is 13.1. The molecule has 1 aliphatic heterocycles. The van der Waals surface area contributed by atoms with E-state index in [1.54, 1.807) is 14.0 Å². The van der Waals surface area contributed by atoms with Gasteiger partial charge in [-0.1, -0.05) is 0 Å². The van der Waals surface area contributed by atoms with Crippen molar-refractivity contribution in [2.45, 2.75) is 39.2 Å². The molecule has 0 aliphatic carbocycles. The Bertz CT molecular complexity index is 445. The molecule has 1 fully saturated rings. The smallest absolute Gasteiger partial charge is 0.219 e. The fourth-order valence-corrected chi connectivity index (χ4v) is 2.63. The number of carbonyl (C=O) groups is 1. The van der Waals surface area contributed by atoms with Crippen molar-refractivity contribution in [3.8, 4) is 5.88 Å². The molecule has 1 saturated heterocycles. The van der Waals surface area contributed by atoms with Gasteiger partial charge in [0.1, 0.15) is 0 Å². The van der Waals surface area contributed by atoms with Crippen LogP contribution in [0, 0.1) is 6.92 Å². The lowest BCUT2D eigenvalue weighted by molar-refractivity contribution is -0.132. The molecule has 18 heavy (non-hydrogen) atoms. The van der Waals surface area contributed by atoms with Crippen molar-refractivity contribution in [3.63, 3.8) is 0 Å². The van der Waals surface area contributed by atoms with Crippen LogP contribution in [0.15, 0.2) is 12.3 Å². The van der Waals surface area contributed by atoms with E-state index >= 15 is 0 Å². The van der Waals surface area contributed by atoms with Crippen LogP contribution < -0.4 is 4.74 Å². The molecule has 1 aromatic rings. The maximum atomic E-state index is 11.7. The Morgan fingerprint density at radius 1 is 1.50 bits per heavy atom. The molecule has 0 bridgehead atoms. The molecular weight excluding hydrogens is 228 g/mol. The molecular formula is C14H20N2O2. The highest BCUT2D eigenvalue weighted by Gasteiger charge is 2.27. The summed E-state index contributed by atoms with van der Waals surface area (Å²) in [4.78, 5) is 17.9. The van der Waals surface area contributed by atoms with Gasteiger partial charge in [-0.3, -0.25) is 4.79 Å². The summed E-state index contributed by atoms with van der Waals surface area (Å²) in [5.74, 6) is 0.774. The van der Waals surface area contributed by atoms with Crippen LogP contribution in [0.1, 0.15) is 43.4 Å². The molecule has 1 amide bonds. The Morgan fingerprint density at radius 2 is 2.28 bits per heavy atom. The number of piperidine rings is 1. The second kappa shape index (κ2) is 5.38. The molecule has 1 aliphatic rings. The number of rotatable bonds is 2. The van der Waals surface area contributed by atoms with Gasteiger partial charge in [-0.15, -0.1) is 0 Å². The third kappa shape index (κ3) is 2.47. The molecule has 0 radical (unpaired) electrons. The largest absolute Gasteiger partial charge is 0.481 e. The molecule has 1 atom stereocenters. The van der Waals surface area contributed by atoms with Gasteiger partial charge in [0.25, 0.3) is 0 Å². The second-order valence-corrected chi connectivity index (χ2v) is 4.81. The van der Waals surface area contributed by atoms with E-state index in [9.17, 15) is 4.79 Å². The topological polar surface area (TPSA) is 42.4 Å². The van der Waals surface area contributed by atoms with E-state index < -0.39 is 0 Å². The summed E-state index contributed by atoms with van der Waals surface area (Å²) in [6, 6.07) is 2.11. The summed E-state index contributed by atoms with van der Waals surface area (Å²) in [7, 11) is 1.62. The zero-order valence-electron chi connectivity index (χ0n) is 11.3. The lowest BCUT2D eigenvalue weighted by atomic mass is 9.93. The highest BCUT2D eigenvalue weighted by Crippen LogP contribution is 2.33. The number of hydrogen-bond acceptors (Lipinski definition) is 3. The molecule has 2 heterocycles. The predicted molar refractivity (Wildman–Crippen MR) is 69.5 cm³/mol. The van der Waals surface area contributed by atoms with E-state index in [1.165, 1.54) is 6.42 Å². The summed E-state index contributed by atoms with van der Waals surface area (Å²) < 4.78 is 5.12. The number of hydrogen-bond donors (Lipinski definition) is 0. The summed E-state index contributed by atoms with van der Waals surface area (Å²) in [6.45, 7) is 4.54. The van der Waals surface area contributed by atoms with Gasteiger partial charge in [-0.2, -0.15) is 0 Å². The quantitative estimate of drug-likeness (QED) is 0.807. The van der Waals surface area contributed by atoms with Gasteiger partial charge >= 0.3 is 0 Å². The van der Waals surface area contributed by atoms with E-state index in [4.69, 9.17) is 4.74 Å². The number of carbonyl (C=O) groups excluding carboxylic acids is 1. The Labute approximate surface area is 108 Å². The number of methoxy groups -OCH3 is 1. The van der Waals surface area contributed by atoms with Gasteiger partial charge in [0.15, 0.2) is 0 Å². The SMILES string of the molecule is COc1cc(C)c([C@H]2CCCCN2C(C)=O)cn1. The van der Waals surface area contributed by atoms with Crippen molar-refractivity contribution in [1.29, 1.82) is 0 Å². The highest BCUT2D eigenvalue weighted by atomic mass is 16.5. The number of pyridine rings is 1. The fraction of sp³-hybridized carbons (Fsp3) is 0.571. The first-order valence-corrected chi connectivity index (χ1v) is 6.41. The molecule has 1 aromatic heterocycles. The van der Waals surface area contributed by atoms with Gasteiger partial charge in [-0.05, 0) is 37.3 Å². The van der Waals surface area contributed by atoms with Gasteiger partial charge in [0, 0.05) is 25.7 Å². The van der Waals surface area contributed by atoms with E-state index in [2.05, 4.69) is 4.98 Å². The van der Waals surface area contributed by atoms with Crippen LogP contribution in [-0.2, 0) is 4.79 Å². The average Bonchev–Trinajstić information content (AvgIpc) is 2.38. The number of likely N-dealkylation sites (tertiary alicyclic amines) is 1. The molecule has 0 spiro atoms. The minimum atomic E-state index is 0.148. The van der Waals surface area contributed by atoms with Crippen molar-refractivity contribution in [3.05, 3.63) is 23.4 Å². The third-order valence-electron chi connectivity index (χ3n) is 3.60. The molecule has 4 heteroatoms. The number of ether oxygens (including phenoxy) is 1. The molecule has 0 N–H and O–H groups in total. The lowest BCUT2D eigenvalue weighted by Gasteiger charge is -2.36. The minimum Gasteiger partial charge on any atom is -0.481 e. The summed E-state index contributed by atoms with van der Waals surface area (Å²) >= 11 is 0. The van der Waals surface area contributed by atoms with Crippen molar-refractivity contribution >= 4 is 5.91 Å². The van der Waals surface area contributed by atoms with E-state index in [-0.39, 0.29) is 11.9 Å². The lowest BCUT2D eigenvalue weighted by Crippen LogP contribution is -2.37. The first-order chi connectivity index (χ1) is 8.63. The average molecular weight is 248 g/mol. The normalized spacial score (nSPS) is 19.7. The van der Waals surface area contributed by atoms with Crippen LogP contribution in [0.25, 0.3) is 0 Å². The van der Waals surface area contributed by atoms with Crippen LogP contribution in [0.3, 0.4) is 0 Å². The van der Waals surface area contributed by atoms with Crippen molar-refractivity contribution < 1.29 is 9.53 Å². The van der Waals surface area contributed by atoms with Gasteiger partial charge in [-0.25, -0.2) is 4.98 Å². The highest BCUT2D eigenvalue weighted by molar-refractivity contribution is 5.74. The molecule has 98 valence electrons. The molecule has 0 saturated carbocycles. The maximum Gasteiger partial charge on any atom is 0.219 e. The van der Waals surface area contributed by atoms with E-state index in [0.29, 0.717) is 5.88 Å². The Morgan fingerprint density at radius 3 is 2.89 bits per heavy atom. The molecule has 0 aromatic carbocycles. The van der Waals surface area contributed by atoms with Gasteiger partial charge < -0.3 is 9.64 Å². The number of aromatic nitrogens is 1. The predicted octanol–water partition coefficient (Wildman–Crippen LogP) is 2.47. The number of aryl methyl sites for hydroxylation is 1. The van der Waals surface area contributed by atoms with E-state index in [1.807, 2.05) is 24.1 Å². The fourth-order valence-electron chi connectivity index (χ4n) is 2.63. The monoisotopic (exact) mass is 248 g/mol. The Hall–Kier alpha value is -1.58. The van der Waals surface area contributed by atoms with E-state index in [0.717, 1.165) is 30.5 Å². The van der Waals surface area contributed by atoms with Crippen molar-refractivity contribution in [2.75, 3.05) is 13.7 Å². The van der Waals surface area contributed by atoms with Crippen LogP contribution in [0.4, 0.5) is 0 Å². The summed E-state index contributed by atoms with van der Waals surface area (Å²) in [5, 5.41) is 0. The number of nitrogens with zero attached hydrogens (tertiary/aromatic N) is 2. The minimum absolute atomic E-state index is 0.148. The standard InChI is InChI=1S/C14H20N2O2/c1-10-8-14(18-3)15-9-12(10)13-6-4-5-7-16(13)11(2)17/h8-9,13H,4-7H2,1-3H3/t13-/m1/s1. The molecule has 4 nitrogen and oxygen atoms in total. The molecule has 2 rings (SSSR count). The van der Waals surface area contributed by atoms with Gasteiger partial charge in [0.05, 0.1) is 13.2 Å².